The van der Waals surface area contributed by atoms with Crippen molar-refractivity contribution in [1.29, 1.82) is 0 Å². The van der Waals surface area contributed by atoms with Crippen molar-refractivity contribution in [2.24, 2.45) is 0 Å². The molecule has 1 saturated heterocycles. The van der Waals surface area contributed by atoms with Crippen LogP contribution < -0.4 is 10.2 Å². The molecule has 0 spiro atoms. The molecule has 8 heteroatoms. The summed E-state index contributed by atoms with van der Waals surface area (Å²) in [5, 5.41) is 2.80. The fourth-order valence-corrected chi connectivity index (χ4v) is 2.66. The first-order valence-corrected chi connectivity index (χ1v) is 7.62. The molecule has 1 N–H and O–H groups in total. The fourth-order valence-electron chi connectivity index (χ4n) is 2.66. The van der Waals surface area contributed by atoms with Crippen LogP contribution in [0.15, 0.2) is 36.7 Å². The van der Waals surface area contributed by atoms with Gasteiger partial charge in [0, 0.05) is 49.9 Å². The molecule has 1 aliphatic heterocycles. The Kier molecular flexibility index (Phi) is 4.57. The summed E-state index contributed by atoms with van der Waals surface area (Å²) in [4.78, 5) is 11.8. The number of nitrogens with zero attached hydrogens (tertiary/aromatic N) is 4. The molecular weight excluding hydrogens is 319 g/mol. The molecule has 0 bridgehead atoms. The van der Waals surface area contributed by atoms with Crippen LogP contribution in [0.5, 0.6) is 0 Å². The number of hydrogen-bond acceptors (Lipinski definition) is 5. The van der Waals surface area contributed by atoms with Gasteiger partial charge in [0.05, 0.1) is 5.56 Å². The van der Waals surface area contributed by atoms with Crippen molar-refractivity contribution in [1.82, 2.24) is 14.9 Å². The number of aromatic nitrogens is 2. The van der Waals surface area contributed by atoms with Crippen LogP contribution in [0.1, 0.15) is 5.56 Å². The minimum absolute atomic E-state index is 0.218. The van der Waals surface area contributed by atoms with Crippen molar-refractivity contribution in [2.75, 3.05) is 43.4 Å². The van der Waals surface area contributed by atoms with E-state index in [9.17, 15) is 13.2 Å². The summed E-state index contributed by atoms with van der Waals surface area (Å²) in [6.07, 6.45) is -1.37. The van der Waals surface area contributed by atoms with Crippen LogP contribution in [0.3, 0.4) is 0 Å². The highest BCUT2D eigenvalue weighted by Gasteiger charge is 2.35. The Morgan fingerprint density at radius 3 is 2.33 bits per heavy atom. The molecule has 1 aromatic heterocycles. The van der Waals surface area contributed by atoms with Crippen LogP contribution in [0.2, 0.25) is 0 Å². The lowest BCUT2D eigenvalue weighted by Crippen LogP contribution is -2.45. The molecule has 128 valence electrons. The van der Waals surface area contributed by atoms with Gasteiger partial charge in [-0.25, -0.2) is 9.97 Å². The van der Waals surface area contributed by atoms with Gasteiger partial charge in [-0.2, -0.15) is 13.2 Å². The summed E-state index contributed by atoms with van der Waals surface area (Å²) in [7, 11) is 1.97. The Labute approximate surface area is 138 Å². The molecule has 1 fully saturated rings. The molecule has 3 rings (SSSR count). The first-order chi connectivity index (χ1) is 11.4. The van der Waals surface area contributed by atoms with Crippen LogP contribution in [-0.4, -0.2) is 48.1 Å². The SMILES string of the molecule is CN1CCN(c2ccc(Nc3ncccn3)cc2C(F)(F)F)CC1. The van der Waals surface area contributed by atoms with E-state index in [1.165, 1.54) is 18.5 Å². The van der Waals surface area contributed by atoms with Crippen LogP contribution in [0.4, 0.5) is 30.5 Å². The highest BCUT2D eigenvalue weighted by atomic mass is 19.4. The largest absolute Gasteiger partial charge is 0.418 e. The number of benzene rings is 1. The van der Waals surface area contributed by atoms with Gasteiger partial charge in [-0.3, -0.25) is 0 Å². The average molecular weight is 337 g/mol. The van der Waals surface area contributed by atoms with E-state index >= 15 is 0 Å². The van der Waals surface area contributed by atoms with Crippen molar-refractivity contribution in [3.63, 3.8) is 0 Å². The zero-order chi connectivity index (χ0) is 17.2. The van der Waals surface area contributed by atoms with Crippen molar-refractivity contribution in [2.45, 2.75) is 6.18 Å². The molecule has 0 saturated carbocycles. The van der Waals surface area contributed by atoms with E-state index in [2.05, 4.69) is 20.2 Å². The molecule has 0 amide bonds. The number of likely N-dealkylation sites (N-methyl/N-ethyl adjacent to an activating group) is 1. The second kappa shape index (κ2) is 6.64. The molecule has 1 aliphatic rings. The van der Waals surface area contributed by atoms with Gasteiger partial charge in [-0.15, -0.1) is 0 Å². The Balaban J connectivity index is 1.89. The van der Waals surface area contributed by atoms with E-state index in [0.29, 0.717) is 18.8 Å². The predicted octanol–water partition coefficient (Wildman–Crippen LogP) is 2.99. The lowest BCUT2D eigenvalue weighted by molar-refractivity contribution is -0.137. The topological polar surface area (TPSA) is 44.3 Å². The van der Waals surface area contributed by atoms with Gasteiger partial charge in [-0.1, -0.05) is 0 Å². The summed E-state index contributed by atoms with van der Waals surface area (Å²) >= 11 is 0. The highest BCUT2D eigenvalue weighted by Crippen LogP contribution is 2.38. The normalized spacial score (nSPS) is 16.2. The number of alkyl halides is 3. The van der Waals surface area contributed by atoms with E-state index in [0.717, 1.165) is 19.2 Å². The van der Waals surface area contributed by atoms with E-state index in [-0.39, 0.29) is 11.6 Å². The maximum Gasteiger partial charge on any atom is 0.418 e. The molecule has 0 unspecified atom stereocenters. The lowest BCUT2D eigenvalue weighted by atomic mass is 10.1. The Hall–Kier alpha value is -2.35. The highest BCUT2D eigenvalue weighted by molar-refractivity contribution is 5.65. The molecule has 24 heavy (non-hydrogen) atoms. The molecule has 2 heterocycles. The molecular formula is C16H18F3N5. The summed E-state index contributed by atoms with van der Waals surface area (Å²) in [6.45, 7) is 2.65. The first kappa shape index (κ1) is 16.5. The van der Waals surface area contributed by atoms with Crippen molar-refractivity contribution in [3.8, 4) is 0 Å². The summed E-state index contributed by atoms with van der Waals surface area (Å²) in [6, 6.07) is 5.89. The minimum Gasteiger partial charge on any atom is -0.368 e. The zero-order valence-corrected chi connectivity index (χ0v) is 13.2. The van der Waals surface area contributed by atoms with Gasteiger partial charge in [0.2, 0.25) is 5.95 Å². The van der Waals surface area contributed by atoms with Gasteiger partial charge >= 0.3 is 6.18 Å². The summed E-state index contributed by atoms with van der Waals surface area (Å²) in [5.74, 6) is 0.262. The van der Waals surface area contributed by atoms with Gasteiger partial charge < -0.3 is 15.1 Å². The van der Waals surface area contributed by atoms with E-state index < -0.39 is 11.7 Å². The monoisotopic (exact) mass is 337 g/mol. The Bertz CT molecular complexity index is 682. The van der Waals surface area contributed by atoms with Crippen molar-refractivity contribution < 1.29 is 13.2 Å². The number of piperazine rings is 1. The molecule has 0 atom stereocenters. The van der Waals surface area contributed by atoms with Crippen LogP contribution in [-0.2, 0) is 6.18 Å². The molecule has 0 aliphatic carbocycles. The van der Waals surface area contributed by atoms with Crippen LogP contribution in [0.25, 0.3) is 0 Å². The number of anilines is 3. The third kappa shape index (κ3) is 3.76. The molecule has 5 nitrogen and oxygen atoms in total. The van der Waals surface area contributed by atoms with Crippen molar-refractivity contribution >= 4 is 17.3 Å². The number of rotatable bonds is 3. The summed E-state index contributed by atoms with van der Waals surface area (Å²) < 4.78 is 40.5. The average Bonchev–Trinajstić information content (AvgIpc) is 2.56. The van der Waals surface area contributed by atoms with Gasteiger partial charge in [0.25, 0.3) is 0 Å². The van der Waals surface area contributed by atoms with Gasteiger partial charge in [0.1, 0.15) is 0 Å². The number of hydrogen-bond donors (Lipinski definition) is 1. The maximum atomic E-state index is 13.5. The summed E-state index contributed by atoms with van der Waals surface area (Å²) in [5.41, 5.74) is -0.116. The van der Waals surface area contributed by atoms with Crippen LogP contribution in [0, 0.1) is 0 Å². The third-order valence-corrected chi connectivity index (χ3v) is 3.97. The quantitative estimate of drug-likeness (QED) is 0.933. The van der Waals surface area contributed by atoms with Gasteiger partial charge in [-0.05, 0) is 31.3 Å². The maximum absolute atomic E-state index is 13.5. The zero-order valence-electron chi connectivity index (χ0n) is 13.2. The second-order valence-corrected chi connectivity index (χ2v) is 5.72. The Morgan fingerprint density at radius 1 is 1.04 bits per heavy atom. The fraction of sp³-hybridized carbons (Fsp3) is 0.375. The standard InChI is InChI=1S/C16H18F3N5/c1-23-7-9-24(10-8-23)14-4-3-12(11-13(14)16(17,18)19)22-15-20-5-2-6-21-15/h2-6,11H,7-10H2,1H3,(H,20,21,22). The second-order valence-electron chi connectivity index (χ2n) is 5.72. The van der Waals surface area contributed by atoms with Crippen LogP contribution >= 0.6 is 0 Å². The third-order valence-electron chi connectivity index (χ3n) is 3.97. The minimum atomic E-state index is -4.42. The first-order valence-electron chi connectivity index (χ1n) is 7.62. The molecule has 1 aromatic carbocycles. The number of halogens is 3. The number of nitrogens with one attached hydrogen (secondary N) is 1. The van der Waals surface area contributed by atoms with E-state index in [1.54, 1.807) is 17.0 Å². The van der Waals surface area contributed by atoms with E-state index in [4.69, 9.17) is 0 Å². The molecule has 0 radical (unpaired) electrons. The Morgan fingerprint density at radius 2 is 1.71 bits per heavy atom. The predicted molar refractivity (Wildman–Crippen MR) is 86.5 cm³/mol. The van der Waals surface area contributed by atoms with Crippen molar-refractivity contribution in [3.05, 3.63) is 42.2 Å². The lowest BCUT2D eigenvalue weighted by Gasteiger charge is -2.35. The van der Waals surface area contributed by atoms with Gasteiger partial charge in [0.15, 0.2) is 0 Å². The van der Waals surface area contributed by atoms with E-state index in [1.807, 2.05) is 7.05 Å². The smallest absolute Gasteiger partial charge is 0.368 e. The molecule has 2 aromatic rings.